The van der Waals surface area contributed by atoms with E-state index in [9.17, 15) is 9.90 Å². The number of ketones is 1. The minimum absolute atomic E-state index is 0.0548. The number of benzene rings is 3. The van der Waals surface area contributed by atoms with E-state index in [0.717, 1.165) is 16.7 Å². The lowest BCUT2D eigenvalue weighted by molar-refractivity contribution is -0.118. The Balaban J connectivity index is 2.22. The van der Waals surface area contributed by atoms with Crippen molar-refractivity contribution < 1.29 is 9.90 Å². The lowest BCUT2D eigenvalue weighted by Crippen LogP contribution is -2.36. The molecule has 0 aromatic heterocycles. The molecular formula is C23H22O2. The highest BCUT2D eigenvalue weighted by molar-refractivity contribution is 5.77. The Hall–Kier alpha value is -2.71. The molecule has 0 saturated carbocycles. The van der Waals surface area contributed by atoms with Gasteiger partial charge in [-0.05, 0) is 23.6 Å². The molecule has 25 heavy (non-hydrogen) atoms. The number of rotatable bonds is 6. The summed E-state index contributed by atoms with van der Waals surface area (Å²) in [6.07, 6.45) is 0.268. The van der Waals surface area contributed by atoms with Gasteiger partial charge in [-0.3, -0.25) is 0 Å². The largest absolute Gasteiger partial charge is 0.380 e. The van der Waals surface area contributed by atoms with Gasteiger partial charge in [0.25, 0.3) is 0 Å². The summed E-state index contributed by atoms with van der Waals surface area (Å²) in [5.74, 6) is -0.310. The van der Waals surface area contributed by atoms with Gasteiger partial charge in [0.05, 0.1) is 0 Å². The molecule has 0 unspecified atom stereocenters. The highest BCUT2D eigenvalue weighted by atomic mass is 16.3. The van der Waals surface area contributed by atoms with Gasteiger partial charge in [-0.15, -0.1) is 0 Å². The molecule has 0 bridgehead atoms. The van der Waals surface area contributed by atoms with E-state index < -0.39 is 5.60 Å². The molecule has 0 radical (unpaired) electrons. The lowest BCUT2D eigenvalue weighted by atomic mass is 9.71. The standard InChI is InChI=1S/C23H22O2/c1-18(24)17-22(19-11-5-2-6-12-19)23(25,20-13-7-3-8-14-20)21-15-9-4-10-16-21/h2-16,22,25H,17H2,1H3/t22-/m0/s1. The number of Topliss-reactive ketones (excluding diaryl/α,β-unsaturated/α-hetero) is 1. The molecule has 0 aliphatic rings. The fourth-order valence-corrected chi connectivity index (χ4v) is 3.43. The summed E-state index contributed by atoms with van der Waals surface area (Å²) in [5.41, 5.74) is 1.25. The van der Waals surface area contributed by atoms with Crippen molar-refractivity contribution in [3.05, 3.63) is 108 Å². The quantitative estimate of drug-likeness (QED) is 0.712. The van der Waals surface area contributed by atoms with Gasteiger partial charge in [-0.1, -0.05) is 91.0 Å². The van der Waals surface area contributed by atoms with Gasteiger partial charge >= 0.3 is 0 Å². The van der Waals surface area contributed by atoms with Crippen LogP contribution < -0.4 is 0 Å². The summed E-state index contributed by atoms with van der Waals surface area (Å²) in [6.45, 7) is 1.58. The van der Waals surface area contributed by atoms with Gasteiger partial charge in [-0.25, -0.2) is 0 Å². The van der Waals surface area contributed by atoms with Crippen molar-refractivity contribution in [2.24, 2.45) is 0 Å². The Morgan fingerprint density at radius 1 is 0.800 bits per heavy atom. The molecule has 0 heterocycles. The molecule has 3 rings (SSSR count). The zero-order valence-electron chi connectivity index (χ0n) is 14.3. The van der Waals surface area contributed by atoms with Gasteiger partial charge < -0.3 is 9.90 Å². The average Bonchev–Trinajstić information content (AvgIpc) is 2.67. The smallest absolute Gasteiger partial charge is 0.130 e. The normalized spacial score (nSPS) is 12.6. The SMILES string of the molecule is CC(=O)C[C@@H](c1ccccc1)C(O)(c1ccccc1)c1ccccc1. The van der Waals surface area contributed by atoms with Gasteiger partial charge in [0.2, 0.25) is 0 Å². The van der Waals surface area contributed by atoms with Crippen LogP contribution in [-0.2, 0) is 10.4 Å². The predicted molar refractivity (Wildman–Crippen MR) is 100 cm³/mol. The molecule has 0 aliphatic carbocycles. The van der Waals surface area contributed by atoms with E-state index >= 15 is 0 Å². The van der Waals surface area contributed by atoms with E-state index in [4.69, 9.17) is 0 Å². The fraction of sp³-hybridized carbons (Fsp3) is 0.174. The van der Waals surface area contributed by atoms with Crippen LogP contribution in [0.1, 0.15) is 36.0 Å². The van der Waals surface area contributed by atoms with Crippen LogP contribution in [0.4, 0.5) is 0 Å². The maximum Gasteiger partial charge on any atom is 0.130 e. The van der Waals surface area contributed by atoms with Gasteiger partial charge in [0.1, 0.15) is 11.4 Å². The zero-order valence-corrected chi connectivity index (χ0v) is 14.3. The molecule has 0 spiro atoms. The van der Waals surface area contributed by atoms with Crippen molar-refractivity contribution in [3.8, 4) is 0 Å². The Kier molecular flexibility index (Phi) is 5.11. The maximum atomic E-state index is 12.0. The molecule has 0 amide bonds. The molecule has 1 atom stereocenters. The number of aliphatic hydroxyl groups is 1. The van der Waals surface area contributed by atoms with Crippen LogP contribution in [0.2, 0.25) is 0 Å². The average molecular weight is 330 g/mol. The van der Waals surface area contributed by atoms with Crippen LogP contribution in [-0.4, -0.2) is 10.9 Å². The first kappa shape index (κ1) is 17.1. The number of hydrogen-bond donors (Lipinski definition) is 1. The number of carbonyl (C=O) groups excluding carboxylic acids is 1. The topological polar surface area (TPSA) is 37.3 Å². The fourth-order valence-electron chi connectivity index (χ4n) is 3.43. The molecule has 2 heteroatoms. The second-order valence-corrected chi connectivity index (χ2v) is 6.37. The number of carbonyl (C=O) groups is 1. The molecule has 0 aliphatic heterocycles. The molecule has 0 saturated heterocycles. The third-order valence-corrected chi connectivity index (χ3v) is 4.63. The molecule has 2 nitrogen and oxygen atoms in total. The van der Waals surface area contributed by atoms with Crippen LogP contribution in [0, 0.1) is 0 Å². The number of hydrogen-bond acceptors (Lipinski definition) is 2. The van der Waals surface area contributed by atoms with Crippen molar-refractivity contribution in [3.63, 3.8) is 0 Å². The van der Waals surface area contributed by atoms with E-state index in [1.807, 2.05) is 91.0 Å². The zero-order chi connectivity index (χ0) is 17.7. The predicted octanol–water partition coefficient (Wildman–Crippen LogP) is 4.69. The molecule has 3 aromatic rings. The summed E-state index contributed by atoms with van der Waals surface area (Å²) in [6, 6.07) is 29.0. The second-order valence-electron chi connectivity index (χ2n) is 6.37. The highest BCUT2D eigenvalue weighted by Gasteiger charge is 2.41. The Morgan fingerprint density at radius 2 is 1.20 bits per heavy atom. The monoisotopic (exact) mass is 330 g/mol. The van der Waals surface area contributed by atoms with Crippen molar-refractivity contribution in [2.45, 2.75) is 24.9 Å². The van der Waals surface area contributed by atoms with Crippen LogP contribution >= 0.6 is 0 Å². The second kappa shape index (κ2) is 7.45. The summed E-state index contributed by atoms with van der Waals surface area (Å²) >= 11 is 0. The summed E-state index contributed by atoms with van der Waals surface area (Å²) in [7, 11) is 0. The first-order chi connectivity index (χ1) is 12.1. The van der Waals surface area contributed by atoms with E-state index in [1.165, 1.54) is 0 Å². The van der Waals surface area contributed by atoms with E-state index in [1.54, 1.807) is 6.92 Å². The van der Waals surface area contributed by atoms with E-state index in [0.29, 0.717) is 0 Å². The van der Waals surface area contributed by atoms with Gasteiger partial charge in [0.15, 0.2) is 0 Å². The lowest BCUT2D eigenvalue weighted by Gasteiger charge is -2.37. The summed E-state index contributed by atoms with van der Waals surface area (Å²) in [4.78, 5) is 12.0. The Labute approximate surface area is 148 Å². The van der Waals surface area contributed by atoms with Crippen LogP contribution in [0.15, 0.2) is 91.0 Å². The van der Waals surface area contributed by atoms with Crippen molar-refractivity contribution >= 4 is 5.78 Å². The molecule has 3 aromatic carbocycles. The first-order valence-corrected chi connectivity index (χ1v) is 8.50. The summed E-state index contributed by atoms with van der Waals surface area (Å²) in [5, 5.41) is 12.0. The van der Waals surface area contributed by atoms with Crippen LogP contribution in [0.3, 0.4) is 0 Å². The molecule has 0 fully saturated rings. The molecule has 1 N–H and O–H groups in total. The van der Waals surface area contributed by atoms with Crippen molar-refractivity contribution in [1.82, 2.24) is 0 Å². The first-order valence-electron chi connectivity index (χ1n) is 8.50. The third-order valence-electron chi connectivity index (χ3n) is 4.63. The summed E-state index contributed by atoms with van der Waals surface area (Å²) < 4.78 is 0. The van der Waals surface area contributed by atoms with Crippen molar-refractivity contribution in [2.75, 3.05) is 0 Å². The minimum atomic E-state index is -1.28. The van der Waals surface area contributed by atoms with Crippen LogP contribution in [0.25, 0.3) is 0 Å². The van der Waals surface area contributed by atoms with E-state index in [-0.39, 0.29) is 18.1 Å². The minimum Gasteiger partial charge on any atom is -0.380 e. The molecule has 126 valence electrons. The van der Waals surface area contributed by atoms with Gasteiger partial charge in [0, 0.05) is 12.3 Å². The van der Waals surface area contributed by atoms with Gasteiger partial charge in [-0.2, -0.15) is 0 Å². The maximum absolute atomic E-state index is 12.0. The Morgan fingerprint density at radius 3 is 1.60 bits per heavy atom. The van der Waals surface area contributed by atoms with Crippen molar-refractivity contribution in [1.29, 1.82) is 0 Å². The van der Waals surface area contributed by atoms with Crippen LogP contribution in [0.5, 0.6) is 0 Å². The Bertz CT molecular complexity index is 771. The highest BCUT2D eigenvalue weighted by Crippen LogP contribution is 2.44. The third kappa shape index (κ3) is 3.54. The van der Waals surface area contributed by atoms with E-state index in [2.05, 4.69) is 0 Å². The molecular weight excluding hydrogens is 308 g/mol.